The Hall–Kier alpha value is -3.07. The van der Waals surface area contributed by atoms with E-state index in [9.17, 15) is 13.2 Å². The van der Waals surface area contributed by atoms with Crippen LogP contribution in [0.4, 0.5) is 5.69 Å². The number of hydrogen-bond acceptors (Lipinski definition) is 6. The van der Waals surface area contributed by atoms with Crippen LogP contribution in [-0.2, 0) is 9.84 Å². The number of amides is 1. The van der Waals surface area contributed by atoms with Crippen molar-refractivity contribution in [2.24, 2.45) is 0 Å². The third-order valence-corrected chi connectivity index (χ3v) is 6.22. The highest BCUT2D eigenvalue weighted by Gasteiger charge is 2.27. The standard InChI is InChI=1S/C21H24N4O4S/c1-29-17-9-7-16(8-10-17)23-11-5-12-24(15-14-23)20(26)19-18-6-3-4-13-25(18)21(22-19)30(2,27)28/h3-4,6-10,13H,5,11-12,14-15H2,1-2H3. The lowest BCUT2D eigenvalue weighted by molar-refractivity contribution is 0.0763. The fourth-order valence-electron chi connectivity index (χ4n) is 3.75. The van der Waals surface area contributed by atoms with E-state index in [-0.39, 0.29) is 16.8 Å². The molecule has 0 spiro atoms. The van der Waals surface area contributed by atoms with Gasteiger partial charge in [0.15, 0.2) is 5.69 Å². The first-order valence-corrected chi connectivity index (χ1v) is 11.6. The molecule has 1 aliphatic rings. The minimum Gasteiger partial charge on any atom is -0.497 e. The molecule has 0 N–H and O–H groups in total. The second kappa shape index (κ2) is 7.98. The van der Waals surface area contributed by atoms with Gasteiger partial charge in [-0.1, -0.05) is 6.07 Å². The molecule has 30 heavy (non-hydrogen) atoms. The largest absolute Gasteiger partial charge is 0.497 e. The van der Waals surface area contributed by atoms with Crippen LogP contribution in [0.15, 0.2) is 53.8 Å². The zero-order valence-electron chi connectivity index (χ0n) is 17.0. The topological polar surface area (TPSA) is 84.2 Å². The fourth-order valence-corrected chi connectivity index (χ4v) is 4.52. The summed E-state index contributed by atoms with van der Waals surface area (Å²) in [4.78, 5) is 21.5. The Morgan fingerprint density at radius 2 is 1.80 bits per heavy atom. The summed E-state index contributed by atoms with van der Waals surface area (Å²) in [6.07, 6.45) is 3.52. The number of ether oxygens (including phenoxy) is 1. The summed E-state index contributed by atoms with van der Waals surface area (Å²) in [5.74, 6) is 0.559. The summed E-state index contributed by atoms with van der Waals surface area (Å²) in [5.41, 5.74) is 1.75. The van der Waals surface area contributed by atoms with E-state index in [1.165, 1.54) is 4.40 Å². The monoisotopic (exact) mass is 428 g/mol. The van der Waals surface area contributed by atoms with Gasteiger partial charge in [-0.05, 0) is 42.8 Å². The maximum absolute atomic E-state index is 13.3. The molecule has 4 rings (SSSR count). The smallest absolute Gasteiger partial charge is 0.274 e. The van der Waals surface area contributed by atoms with Crippen LogP contribution in [0.25, 0.3) is 5.52 Å². The van der Waals surface area contributed by atoms with Crippen molar-refractivity contribution in [1.29, 1.82) is 0 Å². The summed E-state index contributed by atoms with van der Waals surface area (Å²) in [5, 5.41) is -0.115. The molecule has 8 nitrogen and oxygen atoms in total. The van der Waals surface area contributed by atoms with Crippen LogP contribution >= 0.6 is 0 Å². The number of hydrogen-bond donors (Lipinski definition) is 0. The average molecular weight is 429 g/mol. The molecule has 0 radical (unpaired) electrons. The minimum atomic E-state index is -3.57. The Balaban J connectivity index is 1.57. The van der Waals surface area contributed by atoms with Crippen molar-refractivity contribution in [3.8, 4) is 5.75 Å². The number of benzene rings is 1. The van der Waals surface area contributed by atoms with E-state index in [1.54, 1.807) is 36.4 Å². The molecular formula is C21H24N4O4S. The van der Waals surface area contributed by atoms with Crippen LogP contribution in [0.3, 0.4) is 0 Å². The third-order valence-electron chi connectivity index (χ3n) is 5.27. The zero-order chi connectivity index (χ0) is 21.3. The van der Waals surface area contributed by atoms with E-state index in [4.69, 9.17) is 4.74 Å². The van der Waals surface area contributed by atoms with Crippen LogP contribution in [0.1, 0.15) is 16.9 Å². The Labute approximate surface area is 175 Å². The van der Waals surface area contributed by atoms with E-state index in [0.29, 0.717) is 25.2 Å². The number of aromatic nitrogens is 2. The molecule has 158 valence electrons. The predicted molar refractivity (Wildman–Crippen MR) is 114 cm³/mol. The molecule has 2 aromatic heterocycles. The lowest BCUT2D eigenvalue weighted by Gasteiger charge is -2.23. The van der Waals surface area contributed by atoms with Gasteiger partial charge in [0, 0.05) is 44.3 Å². The number of rotatable bonds is 4. The lowest BCUT2D eigenvalue weighted by Crippen LogP contribution is -2.35. The molecule has 0 saturated carbocycles. The second-order valence-corrected chi connectivity index (χ2v) is 9.21. The summed E-state index contributed by atoms with van der Waals surface area (Å²) >= 11 is 0. The van der Waals surface area contributed by atoms with Crippen LogP contribution in [-0.4, -0.2) is 68.2 Å². The van der Waals surface area contributed by atoms with Crippen molar-refractivity contribution in [3.05, 3.63) is 54.4 Å². The summed E-state index contributed by atoms with van der Waals surface area (Å²) < 4.78 is 31.0. The van der Waals surface area contributed by atoms with Crippen molar-refractivity contribution in [2.75, 3.05) is 44.4 Å². The number of anilines is 1. The number of sulfone groups is 1. The number of carbonyl (C=O) groups is 1. The van der Waals surface area contributed by atoms with Crippen LogP contribution in [0, 0.1) is 0 Å². The van der Waals surface area contributed by atoms with Crippen molar-refractivity contribution in [3.63, 3.8) is 0 Å². The predicted octanol–water partition coefficient (Wildman–Crippen LogP) is 2.10. The SMILES string of the molecule is COc1ccc(N2CCCN(C(=O)c3nc(S(C)(=O)=O)n4ccccc34)CC2)cc1. The van der Waals surface area contributed by atoms with Gasteiger partial charge in [-0.3, -0.25) is 9.20 Å². The molecule has 1 aromatic carbocycles. The Morgan fingerprint density at radius 1 is 1.03 bits per heavy atom. The molecule has 1 fully saturated rings. The molecule has 3 heterocycles. The molecule has 0 bridgehead atoms. The molecular weight excluding hydrogens is 404 g/mol. The van der Waals surface area contributed by atoms with Crippen LogP contribution in [0.5, 0.6) is 5.75 Å². The van der Waals surface area contributed by atoms with E-state index in [0.717, 1.165) is 30.7 Å². The molecule has 0 aliphatic carbocycles. The Morgan fingerprint density at radius 3 is 2.50 bits per heavy atom. The molecule has 3 aromatic rings. The quantitative estimate of drug-likeness (QED) is 0.633. The summed E-state index contributed by atoms with van der Waals surface area (Å²) in [6, 6.07) is 13.1. The number of methoxy groups -OCH3 is 1. The Kier molecular flexibility index (Phi) is 5.38. The number of fused-ring (bicyclic) bond motifs is 1. The van der Waals surface area contributed by atoms with Crippen molar-refractivity contribution < 1.29 is 17.9 Å². The van der Waals surface area contributed by atoms with Crippen LogP contribution in [0.2, 0.25) is 0 Å². The highest BCUT2D eigenvalue weighted by atomic mass is 32.2. The Bertz CT molecular complexity index is 1170. The molecule has 0 atom stereocenters. The maximum Gasteiger partial charge on any atom is 0.274 e. The number of imidazole rings is 1. The first-order chi connectivity index (χ1) is 14.4. The van der Waals surface area contributed by atoms with Crippen molar-refractivity contribution in [1.82, 2.24) is 14.3 Å². The molecule has 1 saturated heterocycles. The fraction of sp³-hybridized carbons (Fsp3) is 0.333. The van der Waals surface area contributed by atoms with Gasteiger partial charge in [0.1, 0.15) is 5.75 Å². The van der Waals surface area contributed by atoms with Gasteiger partial charge in [-0.2, -0.15) is 0 Å². The normalized spacial score (nSPS) is 15.3. The van der Waals surface area contributed by atoms with Gasteiger partial charge >= 0.3 is 0 Å². The van der Waals surface area contributed by atoms with E-state index in [1.807, 2.05) is 24.3 Å². The number of carbonyl (C=O) groups excluding carboxylic acids is 1. The van der Waals surface area contributed by atoms with Gasteiger partial charge in [0.25, 0.3) is 5.91 Å². The minimum absolute atomic E-state index is 0.115. The highest BCUT2D eigenvalue weighted by molar-refractivity contribution is 7.90. The van der Waals surface area contributed by atoms with Gasteiger partial charge in [0.2, 0.25) is 15.0 Å². The highest BCUT2D eigenvalue weighted by Crippen LogP contribution is 2.22. The van der Waals surface area contributed by atoms with E-state index < -0.39 is 9.84 Å². The molecule has 0 unspecified atom stereocenters. The maximum atomic E-state index is 13.3. The zero-order valence-corrected chi connectivity index (χ0v) is 17.8. The first-order valence-electron chi connectivity index (χ1n) is 9.74. The van der Waals surface area contributed by atoms with Crippen LogP contribution < -0.4 is 9.64 Å². The van der Waals surface area contributed by atoms with Gasteiger partial charge in [0.05, 0.1) is 12.6 Å². The van der Waals surface area contributed by atoms with Gasteiger partial charge < -0.3 is 14.5 Å². The number of nitrogens with zero attached hydrogens (tertiary/aromatic N) is 4. The average Bonchev–Trinajstić information content (AvgIpc) is 2.97. The van der Waals surface area contributed by atoms with Gasteiger partial charge in [-0.15, -0.1) is 0 Å². The van der Waals surface area contributed by atoms with E-state index >= 15 is 0 Å². The molecule has 1 aliphatic heterocycles. The lowest BCUT2D eigenvalue weighted by atomic mass is 10.2. The first kappa shape index (κ1) is 20.2. The summed E-state index contributed by atoms with van der Waals surface area (Å²) in [7, 11) is -1.93. The van der Waals surface area contributed by atoms with Crippen molar-refractivity contribution in [2.45, 2.75) is 11.6 Å². The molecule has 1 amide bonds. The number of pyridine rings is 1. The summed E-state index contributed by atoms with van der Waals surface area (Å²) in [6.45, 7) is 2.63. The van der Waals surface area contributed by atoms with E-state index in [2.05, 4.69) is 9.88 Å². The second-order valence-electron chi connectivity index (χ2n) is 7.30. The van der Waals surface area contributed by atoms with Crippen molar-refractivity contribution >= 4 is 26.9 Å². The van der Waals surface area contributed by atoms with Gasteiger partial charge in [-0.25, -0.2) is 13.4 Å². The molecule has 9 heteroatoms. The third kappa shape index (κ3) is 3.85.